The van der Waals surface area contributed by atoms with Crippen molar-refractivity contribution in [1.29, 1.82) is 0 Å². The fourth-order valence-corrected chi connectivity index (χ4v) is 8.21. The molecule has 230 valence electrons. The highest BCUT2D eigenvalue weighted by Crippen LogP contribution is 2.63. The van der Waals surface area contributed by atoms with Crippen molar-refractivity contribution in [2.75, 3.05) is 14.2 Å². The van der Waals surface area contributed by atoms with Crippen LogP contribution in [0, 0.1) is 27.4 Å². The Labute approximate surface area is 256 Å². The normalized spacial score (nSPS) is 25.2. The fourth-order valence-electron chi connectivity index (χ4n) is 8.21. The number of ketones is 1. The largest absolute Gasteiger partial charge is 0.493 e. The van der Waals surface area contributed by atoms with Gasteiger partial charge in [-0.15, -0.1) is 0 Å². The lowest BCUT2D eigenvalue weighted by atomic mass is 9.55. The number of methoxy groups -OCH3 is 2. The zero-order valence-electron chi connectivity index (χ0n) is 25.5. The van der Waals surface area contributed by atoms with Crippen molar-refractivity contribution in [3.05, 3.63) is 87.0 Å². The molecule has 0 amide bonds. The third kappa shape index (κ3) is 4.98. The number of esters is 1. The molecule has 3 aromatic carbocycles. The molecule has 3 aliphatic carbocycles. The molecule has 44 heavy (non-hydrogen) atoms. The number of rotatable bonds is 8. The number of carbonyl (C=O) groups excluding carboxylic acids is 2. The Morgan fingerprint density at radius 2 is 1.70 bits per heavy atom. The minimum atomic E-state index is -0.532. The summed E-state index contributed by atoms with van der Waals surface area (Å²) in [6.07, 6.45) is 5.58. The average molecular weight is 600 g/mol. The van der Waals surface area contributed by atoms with E-state index in [4.69, 9.17) is 18.9 Å². The Morgan fingerprint density at radius 3 is 2.39 bits per heavy atom. The quantitative estimate of drug-likeness (QED) is 0.114. The first-order valence-electron chi connectivity index (χ1n) is 15.2. The van der Waals surface area contributed by atoms with Crippen LogP contribution in [0.5, 0.6) is 23.0 Å². The van der Waals surface area contributed by atoms with Crippen LogP contribution in [-0.4, -0.2) is 37.0 Å². The smallest absolute Gasteiger partial charge is 0.302 e. The predicted molar refractivity (Wildman–Crippen MR) is 163 cm³/mol. The first kappa shape index (κ1) is 29.7. The molecule has 5 atom stereocenters. The van der Waals surface area contributed by atoms with Gasteiger partial charge in [0.25, 0.3) is 5.69 Å². The highest BCUT2D eigenvalue weighted by atomic mass is 16.6. The summed E-state index contributed by atoms with van der Waals surface area (Å²) < 4.78 is 24.1. The Kier molecular flexibility index (Phi) is 7.82. The van der Waals surface area contributed by atoms with E-state index in [1.54, 1.807) is 44.6 Å². The summed E-state index contributed by atoms with van der Waals surface area (Å²) in [7, 11) is 3.16. The van der Waals surface area contributed by atoms with E-state index in [0.717, 1.165) is 44.1 Å². The van der Waals surface area contributed by atoms with Crippen molar-refractivity contribution < 1.29 is 33.5 Å². The molecule has 0 unspecified atom stereocenters. The molecule has 3 aliphatic rings. The molecular weight excluding hydrogens is 562 g/mol. The summed E-state index contributed by atoms with van der Waals surface area (Å²) >= 11 is 0. The van der Waals surface area contributed by atoms with Crippen LogP contribution in [0.15, 0.2) is 54.6 Å². The van der Waals surface area contributed by atoms with Crippen LogP contribution < -0.4 is 14.2 Å². The molecule has 2 saturated carbocycles. The summed E-state index contributed by atoms with van der Waals surface area (Å²) in [5.74, 6) is 2.13. The van der Waals surface area contributed by atoms with Crippen molar-refractivity contribution in [3.8, 4) is 23.0 Å². The Bertz CT molecular complexity index is 1620. The van der Waals surface area contributed by atoms with Gasteiger partial charge in [0.05, 0.1) is 24.7 Å². The molecular formula is C35H37NO8. The van der Waals surface area contributed by atoms with Crippen LogP contribution in [-0.2, 0) is 16.0 Å². The lowest BCUT2D eigenvalue weighted by Gasteiger charge is -2.50. The van der Waals surface area contributed by atoms with Gasteiger partial charge < -0.3 is 18.9 Å². The van der Waals surface area contributed by atoms with Gasteiger partial charge in [0, 0.05) is 35.6 Å². The van der Waals surface area contributed by atoms with Crippen molar-refractivity contribution in [3.63, 3.8) is 0 Å². The molecule has 0 aliphatic heterocycles. The first-order chi connectivity index (χ1) is 21.2. The van der Waals surface area contributed by atoms with E-state index in [0.29, 0.717) is 40.6 Å². The van der Waals surface area contributed by atoms with Crippen LogP contribution in [0.1, 0.15) is 78.9 Å². The van der Waals surface area contributed by atoms with Gasteiger partial charge in [-0.3, -0.25) is 19.7 Å². The van der Waals surface area contributed by atoms with E-state index in [1.165, 1.54) is 30.7 Å². The number of ether oxygens (including phenoxy) is 4. The maximum absolute atomic E-state index is 13.5. The highest BCUT2D eigenvalue weighted by Gasteiger charge is 2.56. The Hall–Kier alpha value is -4.40. The third-order valence-electron chi connectivity index (χ3n) is 10.2. The summed E-state index contributed by atoms with van der Waals surface area (Å²) in [6.45, 7) is 3.79. The second kappa shape index (κ2) is 11.6. The van der Waals surface area contributed by atoms with E-state index in [9.17, 15) is 19.7 Å². The maximum Gasteiger partial charge on any atom is 0.302 e. The van der Waals surface area contributed by atoms with Crippen molar-refractivity contribution in [1.82, 2.24) is 0 Å². The van der Waals surface area contributed by atoms with Gasteiger partial charge in [-0.2, -0.15) is 0 Å². The van der Waals surface area contributed by atoms with Crippen molar-refractivity contribution in [2.45, 2.75) is 64.4 Å². The molecule has 9 heteroatoms. The van der Waals surface area contributed by atoms with Gasteiger partial charge in [-0.05, 0) is 74.0 Å². The Balaban J connectivity index is 1.38. The number of hydrogen-bond acceptors (Lipinski definition) is 8. The number of benzene rings is 3. The van der Waals surface area contributed by atoms with Gasteiger partial charge in [-0.25, -0.2) is 0 Å². The van der Waals surface area contributed by atoms with E-state index in [-0.39, 0.29) is 34.5 Å². The van der Waals surface area contributed by atoms with Crippen LogP contribution in [0.3, 0.4) is 0 Å². The molecule has 0 radical (unpaired) electrons. The summed E-state index contributed by atoms with van der Waals surface area (Å²) in [5.41, 5.74) is 2.46. The van der Waals surface area contributed by atoms with E-state index in [1.807, 2.05) is 6.07 Å². The summed E-state index contributed by atoms with van der Waals surface area (Å²) in [5, 5.41) is 11.6. The minimum Gasteiger partial charge on any atom is -0.493 e. The van der Waals surface area contributed by atoms with E-state index < -0.39 is 10.7 Å². The molecule has 0 N–H and O–H groups in total. The Morgan fingerprint density at radius 1 is 0.932 bits per heavy atom. The molecule has 3 aromatic rings. The van der Waals surface area contributed by atoms with Crippen molar-refractivity contribution >= 4 is 17.4 Å². The maximum atomic E-state index is 13.5. The summed E-state index contributed by atoms with van der Waals surface area (Å²) in [6, 6.07) is 14.7. The monoisotopic (exact) mass is 599 g/mol. The van der Waals surface area contributed by atoms with Gasteiger partial charge in [0.15, 0.2) is 17.3 Å². The lowest BCUT2D eigenvalue weighted by molar-refractivity contribution is -0.384. The molecule has 0 aromatic heterocycles. The molecule has 9 nitrogen and oxygen atoms in total. The number of hydrogen-bond donors (Lipinski definition) is 0. The number of fused-ring (bicyclic) bond motifs is 5. The lowest BCUT2D eigenvalue weighted by Crippen LogP contribution is -2.45. The molecule has 2 fully saturated rings. The van der Waals surface area contributed by atoms with Crippen LogP contribution in [0.4, 0.5) is 5.69 Å². The molecule has 0 saturated heterocycles. The SMILES string of the molecule is COc1cc2c(c(OC)c1Oc1ccc([N+](=O)[O-])cc1C(=O)c1ccccc1)CC[C@@H]1[C@@H]2CC[C@@]2(C)[C@@H]1CC[C@H]2OC(C)=O. The number of non-ortho nitro benzene ring substituents is 1. The molecule has 0 heterocycles. The van der Waals surface area contributed by atoms with E-state index in [2.05, 4.69) is 6.92 Å². The van der Waals surface area contributed by atoms with Gasteiger partial charge in [0.2, 0.25) is 5.75 Å². The van der Waals surface area contributed by atoms with Gasteiger partial charge >= 0.3 is 5.97 Å². The zero-order chi connectivity index (χ0) is 31.2. The van der Waals surface area contributed by atoms with Crippen LogP contribution >= 0.6 is 0 Å². The number of nitro groups is 1. The molecule has 6 rings (SSSR count). The standard InChI is InChI=1S/C35H37NO8/c1-20(37)43-31-15-13-28-24-11-12-25-26(23(24)16-17-35(28,31)2)19-30(41-3)34(33(25)42-4)44-29-14-10-22(36(39)40)18-27(29)32(38)21-8-6-5-7-9-21/h5-10,14,18-19,23-24,28,31H,11-13,15-17H2,1-4H3/t23-,24+,28+,31+,35-/m0/s1. The van der Waals surface area contributed by atoms with Crippen LogP contribution in [0.2, 0.25) is 0 Å². The number of nitrogens with zero attached hydrogens (tertiary/aromatic N) is 1. The second-order valence-electron chi connectivity index (χ2n) is 12.4. The first-order valence-corrected chi connectivity index (χ1v) is 15.2. The molecule has 0 spiro atoms. The van der Waals surface area contributed by atoms with E-state index >= 15 is 0 Å². The average Bonchev–Trinajstić information content (AvgIpc) is 3.35. The fraction of sp³-hybridized carbons (Fsp3) is 0.429. The highest BCUT2D eigenvalue weighted by molar-refractivity contribution is 6.11. The zero-order valence-corrected chi connectivity index (χ0v) is 25.5. The number of nitro benzene ring substituents is 1. The topological polar surface area (TPSA) is 114 Å². The predicted octanol–water partition coefficient (Wildman–Crippen LogP) is 7.42. The minimum absolute atomic E-state index is 0.0286. The summed E-state index contributed by atoms with van der Waals surface area (Å²) in [4.78, 5) is 36.4. The second-order valence-corrected chi connectivity index (χ2v) is 12.4. The van der Waals surface area contributed by atoms with Gasteiger partial charge in [-0.1, -0.05) is 37.3 Å². The van der Waals surface area contributed by atoms with Crippen molar-refractivity contribution in [2.24, 2.45) is 17.3 Å². The third-order valence-corrected chi connectivity index (χ3v) is 10.2. The number of carbonyl (C=O) groups is 2. The van der Waals surface area contributed by atoms with Crippen LogP contribution in [0.25, 0.3) is 0 Å². The molecule has 0 bridgehead atoms. The van der Waals surface area contributed by atoms with Gasteiger partial charge in [0.1, 0.15) is 11.9 Å².